The van der Waals surface area contributed by atoms with Crippen LogP contribution < -0.4 is 5.32 Å². The van der Waals surface area contributed by atoms with Crippen LogP contribution in [0.25, 0.3) is 11.3 Å². The van der Waals surface area contributed by atoms with E-state index in [0.717, 1.165) is 11.3 Å². The molecule has 1 amide bonds. The molecule has 1 N–H and O–H groups in total. The van der Waals surface area contributed by atoms with Gasteiger partial charge in [-0.3, -0.25) is 14.8 Å². The summed E-state index contributed by atoms with van der Waals surface area (Å²) >= 11 is 0. The lowest BCUT2D eigenvalue weighted by Gasteiger charge is -2.07. The maximum atomic E-state index is 12.1. The molecule has 0 atom stereocenters. The van der Waals surface area contributed by atoms with Crippen LogP contribution in [0.1, 0.15) is 10.5 Å². The van der Waals surface area contributed by atoms with Crippen molar-refractivity contribution in [2.45, 2.75) is 0 Å². The number of nitrogens with one attached hydrogen (secondary N) is 1. The highest BCUT2D eigenvalue weighted by Gasteiger charge is 2.07. The molecule has 0 aliphatic carbocycles. The van der Waals surface area contributed by atoms with Crippen LogP contribution in [0.4, 0.5) is 5.69 Å². The highest BCUT2D eigenvalue weighted by molar-refractivity contribution is 6.03. The normalized spacial score (nSPS) is 10.1. The molecule has 0 aliphatic rings. The number of aromatic nitrogens is 2. The molecule has 0 bridgehead atoms. The number of hydrogen-bond acceptors (Lipinski definition) is 3. The van der Waals surface area contributed by atoms with Crippen molar-refractivity contribution in [2.75, 3.05) is 5.32 Å². The largest absolute Gasteiger partial charge is 0.321 e. The van der Waals surface area contributed by atoms with Crippen molar-refractivity contribution in [3.05, 3.63) is 78.8 Å². The second kappa shape index (κ2) is 5.96. The van der Waals surface area contributed by atoms with Gasteiger partial charge in [-0.1, -0.05) is 24.3 Å². The summed E-state index contributed by atoms with van der Waals surface area (Å²) < 4.78 is 0. The number of amides is 1. The van der Waals surface area contributed by atoms with E-state index >= 15 is 0 Å². The smallest absolute Gasteiger partial charge is 0.274 e. The minimum absolute atomic E-state index is 0.228. The van der Waals surface area contributed by atoms with Crippen molar-refractivity contribution < 1.29 is 4.79 Å². The van der Waals surface area contributed by atoms with Crippen LogP contribution in [0, 0.1) is 0 Å². The molecule has 2 aromatic heterocycles. The lowest BCUT2D eigenvalue weighted by atomic mass is 10.1. The van der Waals surface area contributed by atoms with Crippen LogP contribution in [-0.4, -0.2) is 15.9 Å². The maximum Gasteiger partial charge on any atom is 0.274 e. The standard InChI is InChI=1S/C17H13N3O/c21-17(16-9-2-4-11-19-16)20-14-7-5-6-13(12-14)15-8-1-3-10-18-15/h1-12H,(H,20,21). The molecule has 0 aliphatic heterocycles. The van der Waals surface area contributed by atoms with Gasteiger partial charge in [0.05, 0.1) is 5.69 Å². The Kier molecular flexibility index (Phi) is 3.69. The van der Waals surface area contributed by atoms with E-state index in [0.29, 0.717) is 11.4 Å². The van der Waals surface area contributed by atoms with E-state index in [-0.39, 0.29) is 5.91 Å². The number of hydrogen-bond donors (Lipinski definition) is 1. The minimum Gasteiger partial charge on any atom is -0.321 e. The van der Waals surface area contributed by atoms with E-state index in [1.807, 2.05) is 42.5 Å². The van der Waals surface area contributed by atoms with E-state index in [2.05, 4.69) is 15.3 Å². The molecule has 21 heavy (non-hydrogen) atoms. The quantitative estimate of drug-likeness (QED) is 0.797. The predicted octanol–water partition coefficient (Wildman–Crippen LogP) is 3.40. The SMILES string of the molecule is O=C(Nc1cccc(-c2ccccn2)c1)c1ccccn1. The van der Waals surface area contributed by atoms with Crippen molar-refractivity contribution in [3.8, 4) is 11.3 Å². The second-order valence-electron chi connectivity index (χ2n) is 4.46. The van der Waals surface area contributed by atoms with E-state index in [1.54, 1.807) is 30.6 Å². The van der Waals surface area contributed by atoms with Crippen LogP contribution >= 0.6 is 0 Å². The van der Waals surface area contributed by atoms with Crippen LogP contribution in [0.3, 0.4) is 0 Å². The summed E-state index contributed by atoms with van der Waals surface area (Å²) in [6.07, 6.45) is 3.34. The van der Waals surface area contributed by atoms with Gasteiger partial charge < -0.3 is 5.32 Å². The minimum atomic E-state index is -0.228. The average Bonchev–Trinajstić information content (AvgIpc) is 2.57. The first-order valence-corrected chi connectivity index (χ1v) is 6.57. The monoisotopic (exact) mass is 275 g/mol. The second-order valence-corrected chi connectivity index (χ2v) is 4.46. The lowest BCUT2D eigenvalue weighted by molar-refractivity contribution is 0.102. The maximum absolute atomic E-state index is 12.1. The number of pyridine rings is 2. The van der Waals surface area contributed by atoms with Crippen molar-refractivity contribution in [1.29, 1.82) is 0 Å². The Labute approximate surface area is 122 Å². The third kappa shape index (κ3) is 3.12. The Bertz CT molecular complexity index is 742. The van der Waals surface area contributed by atoms with Crippen LogP contribution in [0.5, 0.6) is 0 Å². The summed E-state index contributed by atoms with van der Waals surface area (Å²) in [6, 6.07) is 18.5. The van der Waals surface area contributed by atoms with Gasteiger partial charge in [0.15, 0.2) is 0 Å². The summed E-state index contributed by atoms with van der Waals surface area (Å²) in [7, 11) is 0. The number of rotatable bonds is 3. The molecule has 1 aromatic carbocycles. The fourth-order valence-electron chi connectivity index (χ4n) is 1.98. The van der Waals surface area contributed by atoms with Crippen LogP contribution in [0.15, 0.2) is 73.1 Å². The summed E-state index contributed by atoms with van der Waals surface area (Å²) in [5.74, 6) is -0.228. The summed E-state index contributed by atoms with van der Waals surface area (Å²) in [4.78, 5) is 20.4. The predicted molar refractivity (Wildman–Crippen MR) is 81.9 cm³/mol. The topological polar surface area (TPSA) is 54.9 Å². The van der Waals surface area contributed by atoms with Gasteiger partial charge in [0.2, 0.25) is 0 Å². The molecule has 0 spiro atoms. The molecule has 4 heteroatoms. The highest BCUT2D eigenvalue weighted by atomic mass is 16.1. The van der Waals surface area contributed by atoms with Gasteiger partial charge in [-0.15, -0.1) is 0 Å². The molecule has 0 saturated heterocycles. The number of carbonyl (C=O) groups is 1. The molecular formula is C17H13N3O. The molecule has 0 saturated carbocycles. The fraction of sp³-hybridized carbons (Fsp3) is 0. The Hall–Kier alpha value is -3.01. The highest BCUT2D eigenvalue weighted by Crippen LogP contribution is 2.20. The van der Waals surface area contributed by atoms with E-state index < -0.39 is 0 Å². The van der Waals surface area contributed by atoms with Gasteiger partial charge in [0, 0.05) is 23.6 Å². The first-order valence-electron chi connectivity index (χ1n) is 6.57. The molecule has 4 nitrogen and oxygen atoms in total. The number of anilines is 1. The number of nitrogens with zero attached hydrogens (tertiary/aromatic N) is 2. The fourth-order valence-corrected chi connectivity index (χ4v) is 1.98. The molecular weight excluding hydrogens is 262 g/mol. The molecule has 3 rings (SSSR count). The molecule has 102 valence electrons. The van der Waals surface area contributed by atoms with Crippen LogP contribution in [-0.2, 0) is 0 Å². The van der Waals surface area contributed by atoms with Gasteiger partial charge in [-0.25, -0.2) is 0 Å². The van der Waals surface area contributed by atoms with E-state index in [1.165, 1.54) is 0 Å². The summed E-state index contributed by atoms with van der Waals surface area (Å²) in [5, 5.41) is 2.84. The third-order valence-electron chi connectivity index (χ3n) is 2.98. The Morgan fingerprint density at radius 1 is 0.857 bits per heavy atom. The summed E-state index contributed by atoms with van der Waals surface area (Å²) in [5.41, 5.74) is 2.93. The van der Waals surface area contributed by atoms with Crippen molar-refractivity contribution >= 4 is 11.6 Å². The Morgan fingerprint density at radius 2 is 1.67 bits per heavy atom. The van der Waals surface area contributed by atoms with Crippen molar-refractivity contribution in [3.63, 3.8) is 0 Å². The number of carbonyl (C=O) groups excluding carboxylic acids is 1. The van der Waals surface area contributed by atoms with Gasteiger partial charge in [-0.05, 0) is 36.4 Å². The molecule has 0 radical (unpaired) electrons. The van der Waals surface area contributed by atoms with Gasteiger partial charge in [0.25, 0.3) is 5.91 Å². The molecule has 2 heterocycles. The van der Waals surface area contributed by atoms with Gasteiger partial charge >= 0.3 is 0 Å². The van der Waals surface area contributed by atoms with Crippen molar-refractivity contribution in [1.82, 2.24) is 9.97 Å². The lowest BCUT2D eigenvalue weighted by Crippen LogP contribution is -2.13. The first-order chi connectivity index (χ1) is 10.3. The zero-order valence-electron chi connectivity index (χ0n) is 11.2. The zero-order chi connectivity index (χ0) is 14.5. The van der Waals surface area contributed by atoms with E-state index in [4.69, 9.17) is 0 Å². The van der Waals surface area contributed by atoms with Crippen molar-refractivity contribution in [2.24, 2.45) is 0 Å². The van der Waals surface area contributed by atoms with Gasteiger partial charge in [0.1, 0.15) is 5.69 Å². The first kappa shape index (κ1) is 13.0. The molecule has 3 aromatic rings. The van der Waals surface area contributed by atoms with Gasteiger partial charge in [-0.2, -0.15) is 0 Å². The number of benzene rings is 1. The van der Waals surface area contributed by atoms with Crippen LogP contribution in [0.2, 0.25) is 0 Å². The third-order valence-corrected chi connectivity index (χ3v) is 2.98. The van der Waals surface area contributed by atoms with E-state index in [9.17, 15) is 4.79 Å². The summed E-state index contributed by atoms with van der Waals surface area (Å²) in [6.45, 7) is 0. The molecule has 0 fully saturated rings. The zero-order valence-corrected chi connectivity index (χ0v) is 11.2. The molecule has 0 unspecified atom stereocenters. The Morgan fingerprint density at radius 3 is 2.38 bits per heavy atom. The average molecular weight is 275 g/mol. The Balaban J connectivity index is 1.83.